The van der Waals surface area contributed by atoms with E-state index in [-0.39, 0.29) is 20.1 Å². The molecule has 8 rings (SSSR count). The van der Waals surface area contributed by atoms with E-state index in [4.69, 9.17) is 14.4 Å². The average Bonchev–Trinajstić information content (AvgIpc) is 3.51. The monoisotopic (exact) mass is 842 g/mol. The van der Waals surface area contributed by atoms with E-state index in [1.54, 1.807) is 0 Å². The number of furan rings is 1. The fourth-order valence-corrected chi connectivity index (χ4v) is 6.30. The summed E-state index contributed by atoms with van der Waals surface area (Å²) in [6.07, 6.45) is 5.69. The van der Waals surface area contributed by atoms with E-state index >= 15 is 0 Å². The topological polar surface area (TPSA) is 51.8 Å². The van der Waals surface area contributed by atoms with Crippen molar-refractivity contribution in [3.8, 4) is 33.6 Å². The molecule has 0 atom stereocenters. The van der Waals surface area contributed by atoms with Crippen molar-refractivity contribution in [3.63, 3.8) is 0 Å². The smallest absolute Gasteiger partial charge is 0.216 e. The molecule has 4 aromatic heterocycles. The van der Waals surface area contributed by atoms with Crippen LogP contribution in [0.1, 0.15) is 39.1 Å². The summed E-state index contributed by atoms with van der Waals surface area (Å²) in [6, 6.07) is 44.1. The molecular weight excluding hydrogens is 803 g/mol. The van der Waals surface area contributed by atoms with Crippen molar-refractivity contribution in [2.75, 3.05) is 0 Å². The zero-order valence-electron chi connectivity index (χ0n) is 29.5. The maximum Gasteiger partial charge on any atom is 0.216 e. The average molecular weight is 842 g/mol. The van der Waals surface area contributed by atoms with Gasteiger partial charge in [0.05, 0.1) is 5.58 Å². The minimum Gasteiger partial charge on any atom is -0.486 e. The van der Waals surface area contributed by atoms with Crippen molar-refractivity contribution >= 4 is 22.1 Å². The van der Waals surface area contributed by atoms with E-state index in [1.165, 1.54) is 38.9 Å². The van der Waals surface area contributed by atoms with Crippen LogP contribution < -0.4 is 0 Å². The van der Waals surface area contributed by atoms with Gasteiger partial charge in [-0.25, -0.2) is 4.98 Å². The second-order valence-corrected chi connectivity index (χ2v) is 13.0. The van der Waals surface area contributed by atoms with Crippen molar-refractivity contribution in [3.05, 3.63) is 173 Å². The third-order valence-electron chi connectivity index (χ3n) is 9.27. The van der Waals surface area contributed by atoms with Gasteiger partial charge in [0, 0.05) is 43.6 Å². The van der Waals surface area contributed by atoms with E-state index in [2.05, 4.69) is 137 Å². The van der Waals surface area contributed by atoms with Crippen LogP contribution in [0.3, 0.4) is 0 Å². The van der Waals surface area contributed by atoms with Crippen molar-refractivity contribution in [1.82, 2.24) is 15.0 Å². The van der Waals surface area contributed by atoms with Gasteiger partial charge in [0.1, 0.15) is 0 Å². The molecule has 51 heavy (non-hydrogen) atoms. The Labute approximate surface area is 314 Å². The Morgan fingerprint density at radius 3 is 2.12 bits per heavy atom. The molecule has 0 N–H and O–H groups in total. The zero-order chi connectivity index (χ0) is 34.6. The van der Waals surface area contributed by atoms with E-state index in [0.29, 0.717) is 5.71 Å². The summed E-state index contributed by atoms with van der Waals surface area (Å²) in [5, 5.41) is 2.06. The van der Waals surface area contributed by atoms with Gasteiger partial charge in [-0.15, -0.1) is 53.6 Å². The fourth-order valence-electron chi connectivity index (χ4n) is 6.30. The first-order chi connectivity index (χ1) is 24.3. The first kappa shape index (κ1) is 35.6. The minimum absolute atomic E-state index is 0. The predicted octanol–water partition coefficient (Wildman–Crippen LogP) is 11.4. The molecule has 0 aliphatic rings. The summed E-state index contributed by atoms with van der Waals surface area (Å²) in [6.45, 7) is 10.5. The maximum absolute atomic E-state index is 6.30. The molecule has 0 aliphatic heterocycles. The van der Waals surface area contributed by atoms with Gasteiger partial charge in [-0.2, -0.15) is 0 Å². The molecule has 0 unspecified atom stereocenters. The molecule has 0 aliphatic carbocycles. The Hall–Kier alpha value is -5.22. The Kier molecular flexibility index (Phi) is 11.0. The summed E-state index contributed by atoms with van der Waals surface area (Å²) in [5.74, 6) is 0. The Morgan fingerprint density at radius 2 is 1.41 bits per heavy atom. The summed E-state index contributed by atoms with van der Waals surface area (Å²) < 4.78 is 6.30. The number of pyridine rings is 3. The van der Waals surface area contributed by atoms with Gasteiger partial charge in [0.15, 0.2) is 0 Å². The summed E-state index contributed by atoms with van der Waals surface area (Å²) in [5.41, 5.74) is 16.1. The molecule has 4 heterocycles. The number of rotatable bonds is 6. The van der Waals surface area contributed by atoms with Crippen LogP contribution in [0.15, 0.2) is 126 Å². The summed E-state index contributed by atoms with van der Waals surface area (Å²) in [4.78, 5) is 14.0. The van der Waals surface area contributed by atoms with Gasteiger partial charge < -0.3 is 14.4 Å². The van der Waals surface area contributed by atoms with Crippen LogP contribution in [0.4, 0.5) is 0 Å². The first-order valence-corrected chi connectivity index (χ1v) is 17.1. The van der Waals surface area contributed by atoms with E-state index in [1.807, 2.05) is 36.7 Å². The number of aromatic nitrogens is 3. The molecule has 0 amide bonds. The van der Waals surface area contributed by atoms with Crippen LogP contribution in [-0.2, 0) is 32.9 Å². The molecule has 0 bridgehead atoms. The number of hydrogen-bond donors (Lipinski definition) is 0. The van der Waals surface area contributed by atoms with Crippen molar-refractivity contribution in [1.29, 1.82) is 0 Å². The van der Waals surface area contributed by atoms with E-state index < -0.39 is 0 Å². The molecule has 4 nitrogen and oxygen atoms in total. The standard InChI is InChI=1S/C32H25N2O.C14H14N.Ir/c1-21-8-6-9-22(2)30(21)24-15-19-29(33-20-24)28-13-7-12-26-27-18-17-25(34-32(27)35-31(26)28)16-14-23-10-4-3-5-11-23;1-10-4-6-13(7-5-10)14-8-11(2)12(3)9-15-14;/h3-12,15,17-20H,14,16H2,1-2H3;4-6,8-9H,1-3H3;/q2*-1;. The van der Waals surface area contributed by atoms with Gasteiger partial charge >= 0.3 is 0 Å². The second kappa shape index (κ2) is 15.8. The molecule has 0 saturated carbocycles. The molecule has 255 valence electrons. The van der Waals surface area contributed by atoms with Crippen molar-refractivity contribution < 1.29 is 24.5 Å². The van der Waals surface area contributed by atoms with E-state index in [0.717, 1.165) is 63.0 Å². The second-order valence-electron chi connectivity index (χ2n) is 13.0. The number of benzene rings is 4. The largest absolute Gasteiger partial charge is 0.486 e. The minimum atomic E-state index is 0. The van der Waals surface area contributed by atoms with Gasteiger partial charge in [-0.05, 0) is 97.4 Å². The molecule has 0 fully saturated rings. The Morgan fingerprint density at radius 1 is 0.627 bits per heavy atom. The molecule has 5 heteroatoms. The molecule has 4 aromatic carbocycles. The normalized spacial score (nSPS) is 10.8. The Bertz CT molecular complexity index is 2390. The predicted molar refractivity (Wildman–Crippen MR) is 205 cm³/mol. The zero-order valence-corrected chi connectivity index (χ0v) is 31.9. The number of fused-ring (bicyclic) bond motifs is 3. The maximum atomic E-state index is 6.30. The number of nitrogens with zero attached hydrogens (tertiary/aromatic N) is 3. The first-order valence-electron chi connectivity index (χ1n) is 17.1. The van der Waals surface area contributed by atoms with Crippen LogP contribution in [-0.4, -0.2) is 15.0 Å². The Balaban J connectivity index is 0.000000236. The van der Waals surface area contributed by atoms with Gasteiger partial charge in [-0.3, -0.25) is 0 Å². The molecule has 0 spiro atoms. The fraction of sp³-hybridized carbons (Fsp3) is 0.152. The number of aryl methyl sites for hydroxylation is 7. The molecular formula is C46H39IrN3O-2. The van der Waals surface area contributed by atoms with Gasteiger partial charge in [-0.1, -0.05) is 90.2 Å². The molecule has 1 radical (unpaired) electrons. The third-order valence-corrected chi connectivity index (χ3v) is 9.27. The van der Waals surface area contributed by atoms with Crippen molar-refractivity contribution in [2.45, 2.75) is 47.5 Å². The van der Waals surface area contributed by atoms with Crippen LogP contribution >= 0.6 is 0 Å². The summed E-state index contributed by atoms with van der Waals surface area (Å²) in [7, 11) is 0. The van der Waals surface area contributed by atoms with Gasteiger partial charge in [0.2, 0.25) is 5.71 Å². The van der Waals surface area contributed by atoms with Crippen LogP contribution in [0, 0.1) is 46.8 Å². The summed E-state index contributed by atoms with van der Waals surface area (Å²) >= 11 is 0. The van der Waals surface area contributed by atoms with Crippen LogP contribution in [0.25, 0.3) is 55.7 Å². The quantitative estimate of drug-likeness (QED) is 0.157. The van der Waals surface area contributed by atoms with Crippen molar-refractivity contribution in [2.24, 2.45) is 0 Å². The molecule has 0 saturated heterocycles. The van der Waals surface area contributed by atoms with Crippen LogP contribution in [0.2, 0.25) is 0 Å². The van der Waals surface area contributed by atoms with E-state index in [9.17, 15) is 0 Å². The van der Waals surface area contributed by atoms with Gasteiger partial charge in [0.25, 0.3) is 0 Å². The van der Waals surface area contributed by atoms with Crippen LogP contribution in [0.5, 0.6) is 0 Å². The SMILES string of the molecule is Cc1c[c-]c(-c2cc(C)c(C)cn2)cc1.Cc1cccc(C)c1-c1ccc(-c2[c-]ccc3c2oc2nc(CCc4ccccc4)ccc23)nc1.[Ir]. The molecule has 8 aromatic rings. The number of hydrogen-bond acceptors (Lipinski definition) is 4. The third kappa shape index (κ3) is 7.91.